The molecule has 2 aromatic carbocycles. The Labute approximate surface area is 282 Å². The van der Waals surface area contributed by atoms with E-state index in [4.69, 9.17) is 4.74 Å². The predicted molar refractivity (Wildman–Crippen MR) is 187 cm³/mol. The number of likely N-dealkylation sites (tertiary alicyclic amines) is 1. The smallest absolute Gasteiger partial charge is 0.309 e. The van der Waals surface area contributed by atoms with Crippen molar-refractivity contribution in [2.45, 2.75) is 117 Å². The number of amides is 3. The summed E-state index contributed by atoms with van der Waals surface area (Å²) in [5, 5.41) is 6.33. The van der Waals surface area contributed by atoms with E-state index in [1.807, 2.05) is 69.0 Å². The second-order valence-electron chi connectivity index (χ2n) is 13.2. The van der Waals surface area contributed by atoms with Gasteiger partial charge in [0, 0.05) is 31.5 Å². The number of nitrogens with one attached hydrogen (secondary N) is 2. The molecule has 3 amide bonds. The van der Waals surface area contributed by atoms with Crippen LogP contribution in [0.4, 0.5) is 0 Å². The van der Waals surface area contributed by atoms with Gasteiger partial charge < -0.3 is 26.0 Å². The Morgan fingerprint density at radius 2 is 1.34 bits per heavy atom. The molecule has 9 heteroatoms. The summed E-state index contributed by atoms with van der Waals surface area (Å²) in [6, 6.07) is 20.1. The molecule has 0 bridgehead atoms. The monoisotopic (exact) mass is 650 g/mol. The van der Waals surface area contributed by atoms with Gasteiger partial charge in [-0.2, -0.15) is 0 Å². The van der Waals surface area contributed by atoms with Crippen LogP contribution in [0.15, 0.2) is 60.7 Å². The molecule has 2 aromatic rings. The molecule has 0 aromatic heterocycles. The van der Waals surface area contributed by atoms with Gasteiger partial charge in [0.1, 0.15) is 6.04 Å². The minimum absolute atomic E-state index is 0.0230. The molecule has 4 rings (SSSR count). The lowest BCUT2D eigenvalue weighted by atomic mass is 9.82. The number of ether oxygens (including phenoxy) is 1. The number of rotatable bonds is 10. The molecular formula is C38H58N4O5. The lowest BCUT2D eigenvalue weighted by Gasteiger charge is -2.35. The average molecular weight is 651 g/mol. The first-order valence-electron chi connectivity index (χ1n) is 17.2. The zero-order chi connectivity index (χ0) is 34.9. The summed E-state index contributed by atoms with van der Waals surface area (Å²) in [5.74, 6) is -0.340. The van der Waals surface area contributed by atoms with Crippen molar-refractivity contribution < 1.29 is 23.9 Å². The number of hydrogen-bond donors (Lipinski definition) is 3. The molecule has 1 aliphatic carbocycles. The van der Waals surface area contributed by atoms with Crippen molar-refractivity contribution in [1.29, 1.82) is 0 Å². The third kappa shape index (κ3) is 13.1. The molecule has 1 saturated carbocycles. The van der Waals surface area contributed by atoms with Crippen LogP contribution in [-0.4, -0.2) is 66.4 Å². The van der Waals surface area contributed by atoms with Gasteiger partial charge >= 0.3 is 5.97 Å². The second-order valence-corrected chi connectivity index (χ2v) is 13.2. The first-order valence-corrected chi connectivity index (χ1v) is 17.2. The molecule has 1 heterocycles. The minimum atomic E-state index is -0.352. The Morgan fingerprint density at radius 3 is 1.77 bits per heavy atom. The Morgan fingerprint density at radius 1 is 0.830 bits per heavy atom. The van der Waals surface area contributed by atoms with Crippen LogP contribution in [0.25, 0.3) is 0 Å². The van der Waals surface area contributed by atoms with E-state index in [-0.39, 0.29) is 59.6 Å². The molecule has 4 N–H and O–H groups in total. The van der Waals surface area contributed by atoms with Gasteiger partial charge in [-0.25, -0.2) is 0 Å². The zero-order valence-electron chi connectivity index (χ0n) is 29.5. The molecule has 1 aliphatic heterocycles. The molecule has 0 spiro atoms. The number of carbonyl (C=O) groups is 4. The molecular weight excluding hydrogens is 592 g/mol. The van der Waals surface area contributed by atoms with Crippen molar-refractivity contribution in [2.24, 2.45) is 17.6 Å². The fourth-order valence-corrected chi connectivity index (χ4v) is 6.55. The first-order chi connectivity index (χ1) is 22.4. The Balaban J connectivity index is 0.000000299. The zero-order valence-corrected chi connectivity index (χ0v) is 29.5. The van der Waals surface area contributed by atoms with Gasteiger partial charge in [0.2, 0.25) is 17.7 Å². The summed E-state index contributed by atoms with van der Waals surface area (Å²) in [6.07, 6.45) is 7.82. The number of carbonyl (C=O) groups excluding carboxylic acids is 4. The number of nitrogens with two attached hydrogens (primary N) is 1. The van der Waals surface area contributed by atoms with E-state index in [9.17, 15) is 19.2 Å². The van der Waals surface area contributed by atoms with Gasteiger partial charge in [-0.1, -0.05) is 101 Å². The second kappa shape index (κ2) is 20.5. The van der Waals surface area contributed by atoms with Crippen LogP contribution in [-0.2, 0) is 23.9 Å². The first kappa shape index (κ1) is 39.5. The number of nitrogens with zero attached hydrogens (tertiary/aromatic N) is 1. The van der Waals surface area contributed by atoms with Crippen LogP contribution in [0, 0.1) is 11.8 Å². The van der Waals surface area contributed by atoms with E-state index in [1.54, 1.807) is 0 Å². The predicted octanol–water partition coefficient (Wildman–Crippen LogP) is 5.57. The highest BCUT2D eigenvalue weighted by molar-refractivity contribution is 5.90. The fourth-order valence-electron chi connectivity index (χ4n) is 6.55. The summed E-state index contributed by atoms with van der Waals surface area (Å²) < 4.78 is 4.90. The highest BCUT2D eigenvalue weighted by Crippen LogP contribution is 2.32. The molecule has 2 fully saturated rings. The van der Waals surface area contributed by atoms with Crippen molar-refractivity contribution in [3.63, 3.8) is 0 Å². The van der Waals surface area contributed by atoms with E-state index >= 15 is 0 Å². The summed E-state index contributed by atoms with van der Waals surface area (Å²) in [4.78, 5) is 48.8. The molecule has 9 nitrogen and oxygen atoms in total. The normalized spacial score (nSPS) is 18.1. The van der Waals surface area contributed by atoms with Crippen molar-refractivity contribution in [2.75, 3.05) is 13.7 Å². The number of benzene rings is 2. The topological polar surface area (TPSA) is 131 Å². The van der Waals surface area contributed by atoms with E-state index < -0.39 is 0 Å². The SMILES string of the molecule is CC(C)NC(C)C(=O)N[C@H](C(=O)N1CCC[C@H]1C)C1CCCCC1.CC(N)=O.COC(=O)[C@@H](C)C(c1ccccc1)c1ccccc1. The molecule has 4 atom stereocenters. The number of esters is 1. The lowest BCUT2D eigenvalue weighted by molar-refractivity contribution is -0.145. The molecule has 47 heavy (non-hydrogen) atoms. The minimum Gasteiger partial charge on any atom is -0.469 e. The molecule has 0 radical (unpaired) electrons. The van der Waals surface area contributed by atoms with E-state index in [0.717, 1.165) is 43.4 Å². The van der Waals surface area contributed by atoms with E-state index in [2.05, 4.69) is 47.6 Å². The Bertz CT molecular complexity index is 1190. The van der Waals surface area contributed by atoms with Crippen LogP contribution < -0.4 is 16.4 Å². The van der Waals surface area contributed by atoms with Crippen LogP contribution in [0.5, 0.6) is 0 Å². The largest absolute Gasteiger partial charge is 0.469 e. The van der Waals surface area contributed by atoms with Crippen LogP contribution in [0.1, 0.15) is 104 Å². The summed E-state index contributed by atoms with van der Waals surface area (Å²) in [5.41, 5.74) is 6.73. The van der Waals surface area contributed by atoms with Gasteiger partial charge in [-0.3, -0.25) is 19.2 Å². The van der Waals surface area contributed by atoms with Crippen molar-refractivity contribution in [3.8, 4) is 0 Å². The summed E-state index contributed by atoms with van der Waals surface area (Å²) in [7, 11) is 1.44. The van der Waals surface area contributed by atoms with Crippen molar-refractivity contribution in [1.82, 2.24) is 15.5 Å². The van der Waals surface area contributed by atoms with Gasteiger partial charge in [0.15, 0.2) is 0 Å². The van der Waals surface area contributed by atoms with E-state index in [0.29, 0.717) is 6.04 Å². The molecule has 1 saturated heterocycles. The van der Waals surface area contributed by atoms with Crippen LogP contribution in [0.3, 0.4) is 0 Å². The van der Waals surface area contributed by atoms with Gasteiger partial charge in [0.25, 0.3) is 0 Å². The fraction of sp³-hybridized carbons (Fsp3) is 0.579. The highest BCUT2D eigenvalue weighted by Gasteiger charge is 2.37. The molecule has 2 aliphatic rings. The summed E-state index contributed by atoms with van der Waals surface area (Å²) >= 11 is 0. The maximum atomic E-state index is 13.1. The van der Waals surface area contributed by atoms with Gasteiger partial charge in [-0.05, 0) is 56.6 Å². The Hall–Kier alpha value is -3.72. The lowest BCUT2D eigenvalue weighted by Crippen LogP contribution is -2.57. The maximum Gasteiger partial charge on any atom is 0.309 e. The quantitative estimate of drug-likeness (QED) is 0.289. The Kier molecular flexibility index (Phi) is 17.2. The molecule has 260 valence electrons. The van der Waals surface area contributed by atoms with E-state index in [1.165, 1.54) is 33.3 Å². The maximum absolute atomic E-state index is 13.1. The number of methoxy groups -OCH3 is 1. The van der Waals surface area contributed by atoms with Crippen LogP contribution in [0.2, 0.25) is 0 Å². The van der Waals surface area contributed by atoms with Crippen molar-refractivity contribution in [3.05, 3.63) is 71.8 Å². The molecule has 1 unspecified atom stereocenters. The van der Waals surface area contributed by atoms with Gasteiger partial charge in [0.05, 0.1) is 19.1 Å². The van der Waals surface area contributed by atoms with Gasteiger partial charge in [-0.15, -0.1) is 0 Å². The van der Waals surface area contributed by atoms with Crippen LogP contribution >= 0.6 is 0 Å². The number of hydrogen-bond acceptors (Lipinski definition) is 6. The third-order valence-corrected chi connectivity index (χ3v) is 8.89. The third-order valence-electron chi connectivity index (χ3n) is 8.89. The summed E-state index contributed by atoms with van der Waals surface area (Å²) in [6.45, 7) is 12.1. The standard InChI is InChI=1S/C19H35N3O2.C17H18O2.C2H5NO/c1-13(2)20-15(4)18(23)21-17(16-10-6-5-7-11-16)19(24)22-12-8-9-14(22)3;1-13(17(18)19-2)16(14-9-5-3-6-10-14)15-11-7-4-8-12-15;1-2(3)4/h13-17,20H,5-12H2,1-4H3,(H,21,23);3-13,16H,1-2H3;1H3,(H2,3,4)/t14-,15?,17+;13-;/m10./s1. The number of primary amides is 1. The highest BCUT2D eigenvalue weighted by atomic mass is 16.5. The average Bonchev–Trinajstić information content (AvgIpc) is 3.49. The van der Waals surface area contributed by atoms with Crippen molar-refractivity contribution >= 4 is 23.7 Å².